The summed E-state index contributed by atoms with van der Waals surface area (Å²) in [5.41, 5.74) is 2.93. The second-order valence-corrected chi connectivity index (χ2v) is 4.18. The maximum atomic E-state index is 6.16. The van der Waals surface area contributed by atoms with Crippen LogP contribution in [0.15, 0.2) is 24.3 Å². The van der Waals surface area contributed by atoms with Gasteiger partial charge in [0.15, 0.2) is 0 Å². The average Bonchev–Trinajstić information content (AvgIpc) is 2.44. The van der Waals surface area contributed by atoms with E-state index in [-0.39, 0.29) is 0 Å². The number of hydrogen-bond donors (Lipinski definition) is 0. The molecule has 4 heteroatoms. The zero-order valence-corrected chi connectivity index (χ0v) is 9.97. The van der Waals surface area contributed by atoms with Crippen molar-refractivity contribution in [2.75, 3.05) is 0 Å². The number of nitrogens with zero attached hydrogens (tertiary/aromatic N) is 2. The van der Waals surface area contributed by atoms with E-state index in [4.69, 9.17) is 23.2 Å². The van der Waals surface area contributed by atoms with Crippen LogP contribution in [0.5, 0.6) is 0 Å². The monoisotopic (exact) mass is 240 g/mol. The van der Waals surface area contributed by atoms with Crippen LogP contribution in [-0.4, -0.2) is 9.78 Å². The van der Waals surface area contributed by atoms with Gasteiger partial charge in [0.1, 0.15) is 5.15 Å². The number of halogens is 2. The Labute approximate surface area is 98.4 Å². The van der Waals surface area contributed by atoms with E-state index in [0.29, 0.717) is 5.15 Å². The van der Waals surface area contributed by atoms with E-state index < -0.39 is 0 Å². The van der Waals surface area contributed by atoms with Gasteiger partial charge in [0.05, 0.1) is 5.69 Å². The fraction of sp³-hybridized carbons (Fsp3) is 0.182. The molecule has 0 N–H and O–H groups in total. The summed E-state index contributed by atoms with van der Waals surface area (Å²) in [6, 6.07) is 7.58. The van der Waals surface area contributed by atoms with E-state index >= 15 is 0 Å². The highest BCUT2D eigenvalue weighted by Gasteiger charge is 2.12. The van der Waals surface area contributed by atoms with E-state index in [1.807, 2.05) is 38.2 Å². The van der Waals surface area contributed by atoms with Crippen molar-refractivity contribution >= 4 is 23.2 Å². The largest absolute Gasteiger partial charge is 0.256 e. The molecule has 78 valence electrons. The molecular formula is C11H10Cl2N2. The van der Waals surface area contributed by atoms with E-state index in [9.17, 15) is 0 Å². The van der Waals surface area contributed by atoms with Crippen LogP contribution in [0.3, 0.4) is 0 Å². The Hall–Kier alpha value is -0.990. The lowest BCUT2D eigenvalue weighted by molar-refractivity contribution is 0.757. The van der Waals surface area contributed by atoms with Gasteiger partial charge in [-0.25, -0.2) is 0 Å². The van der Waals surface area contributed by atoms with Crippen molar-refractivity contribution in [2.24, 2.45) is 7.05 Å². The Bertz CT molecular complexity index is 486. The Morgan fingerprint density at radius 2 is 1.73 bits per heavy atom. The lowest BCUT2D eigenvalue weighted by atomic mass is 10.1. The molecule has 1 aromatic heterocycles. The third kappa shape index (κ3) is 1.87. The van der Waals surface area contributed by atoms with Crippen LogP contribution in [0.2, 0.25) is 10.2 Å². The van der Waals surface area contributed by atoms with Crippen molar-refractivity contribution in [3.05, 3.63) is 40.1 Å². The van der Waals surface area contributed by atoms with Gasteiger partial charge in [-0.05, 0) is 24.6 Å². The van der Waals surface area contributed by atoms with Crippen molar-refractivity contribution in [3.8, 4) is 11.1 Å². The van der Waals surface area contributed by atoms with Gasteiger partial charge in [-0.3, -0.25) is 4.68 Å². The first-order valence-electron chi connectivity index (χ1n) is 4.54. The summed E-state index contributed by atoms with van der Waals surface area (Å²) in [5, 5.41) is 5.63. The molecule has 0 aliphatic heterocycles. The van der Waals surface area contributed by atoms with Gasteiger partial charge >= 0.3 is 0 Å². The summed E-state index contributed by atoms with van der Waals surface area (Å²) in [5.74, 6) is 0. The fourth-order valence-corrected chi connectivity index (χ4v) is 1.98. The number of hydrogen-bond acceptors (Lipinski definition) is 1. The van der Waals surface area contributed by atoms with Crippen LogP contribution >= 0.6 is 23.2 Å². The predicted molar refractivity (Wildman–Crippen MR) is 63.4 cm³/mol. The first-order valence-corrected chi connectivity index (χ1v) is 5.30. The summed E-state index contributed by atoms with van der Waals surface area (Å²) in [4.78, 5) is 0. The molecule has 0 amide bonds. The molecule has 2 rings (SSSR count). The fourth-order valence-electron chi connectivity index (χ4n) is 1.57. The van der Waals surface area contributed by atoms with E-state index in [1.165, 1.54) is 0 Å². The predicted octanol–water partition coefficient (Wildman–Crippen LogP) is 3.70. The minimum Gasteiger partial charge on any atom is -0.256 e. The van der Waals surface area contributed by atoms with Gasteiger partial charge < -0.3 is 0 Å². The molecular weight excluding hydrogens is 231 g/mol. The van der Waals surface area contributed by atoms with Gasteiger partial charge in [-0.1, -0.05) is 35.3 Å². The van der Waals surface area contributed by atoms with E-state index in [0.717, 1.165) is 21.8 Å². The summed E-state index contributed by atoms with van der Waals surface area (Å²) < 4.78 is 1.67. The molecule has 0 spiro atoms. The highest BCUT2D eigenvalue weighted by Crippen LogP contribution is 2.31. The highest BCUT2D eigenvalue weighted by atomic mass is 35.5. The molecule has 0 radical (unpaired) electrons. The van der Waals surface area contributed by atoms with Crippen molar-refractivity contribution in [3.63, 3.8) is 0 Å². The van der Waals surface area contributed by atoms with Gasteiger partial charge in [0.25, 0.3) is 0 Å². The topological polar surface area (TPSA) is 17.8 Å². The molecule has 1 aromatic carbocycles. The minimum atomic E-state index is 0.648. The summed E-state index contributed by atoms with van der Waals surface area (Å²) in [6.45, 7) is 1.94. The van der Waals surface area contributed by atoms with E-state index in [2.05, 4.69) is 5.10 Å². The summed E-state index contributed by atoms with van der Waals surface area (Å²) >= 11 is 12.0. The molecule has 2 nitrogen and oxygen atoms in total. The summed E-state index contributed by atoms with van der Waals surface area (Å²) in [7, 11) is 1.83. The number of aryl methyl sites for hydroxylation is 2. The van der Waals surface area contributed by atoms with Crippen molar-refractivity contribution in [1.29, 1.82) is 0 Å². The smallest absolute Gasteiger partial charge is 0.134 e. The molecule has 0 atom stereocenters. The van der Waals surface area contributed by atoms with Crippen LogP contribution in [0.25, 0.3) is 11.1 Å². The van der Waals surface area contributed by atoms with Crippen LogP contribution in [0, 0.1) is 6.92 Å². The lowest BCUT2D eigenvalue weighted by Gasteiger charge is -2.00. The van der Waals surface area contributed by atoms with Crippen LogP contribution in [0.1, 0.15) is 5.69 Å². The normalized spacial score (nSPS) is 10.7. The van der Waals surface area contributed by atoms with Gasteiger partial charge in [-0.15, -0.1) is 0 Å². The SMILES string of the molecule is Cc1nn(C)c(Cl)c1-c1ccc(Cl)cc1. The Morgan fingerprint density at radius 3 is 2.20 bits per heavy atom. The molecule has 0 aliphatic carbocycles. The Balaban J connectivity index is 2.58. The maximum absolute atomic E-state index is 6.16. The molecule has 2 aromatic rings. The van der Waals surface area contributed by atoms with Crippen LogP contribution < -0.4 is 0 Å². The number of rotatable bonds is 1. The van der Waals surface area contributed by atoms with Crippen molar-refractivity contribution in [2.45, 2.75) is 6.92 Å². The van der Waals surface area contributed by atoms with Crippen LogP contribution in [0.4, 0.5) is 0 Å². The van der Waals surface area contributed by atoms with Gasteiger partial charge in [0, 0.05) is 17.6 Å². The molecule has 0 saturated carbocycles. The van der Waals surface area contributed by atoms with Gasteiger partial charge in [-0.2, -0.15) is 5.10 Å². The number of benzene rings is 1. The first kappa shape index (κ1) is 10.5. The zero-order chi connectivity index (χ0) is 11.0. The Kier molecular flexibility index (Phi) is 2.72. The number of aromatic nitrogens is 2. The quantitative estimate of drug-likeness (QED) is 0.744. The minimum absolute atomic E-state index is 0.648. The third-order valence-electron chi connectivity index (χ3n) is 2.29. The molecule has 0 aliphatic rings. The lowest BCUT2D eigenvalue weighted by Crippen LogP contribution is -1.88. The third-order valence-corrected chi connectivity index (χ3v) is 2.97. The second kappa shape index (κ2) is 3.87. The highest BCUT2D eigenvalue weighted by molar-refractivity contribution is 6.32. The molecule has 0 unspecified atom stereocenters. The summed E-state index contributed by atoms with van der Waals surface area (Å²) in [6.07, 6.45) is 0. The van der Waals surface area contributed by atoms with Crippen molar-refractivity contribution < 1.29 is 0 Å². The first-order chi connectivity index (χ1) is 7.09. The standard InChI is InChI=1S/C11H10Cl2N2/c1-7-10(11(13)15(2)14-7)8-3-5-9(12)6-4-8/h3-6H,1-2H3. The Morgan fingerprint density at radius 1 is 1.13 bits per heavy atom. The molecule has 1 heterocycles. The van der Waals surface area contributed by atoms with Crippen molar-refractivity contribution in [1.82, 2.24) is 9.78 Å². The van der Waals surface area contributed by atoms with Gasteiger partial charge in [0.2, 0.25) is 0 Å². The molecule has 0 saturated heterocycles. The molecule has 0 fully saturated rings. The molecule has 0 bridgehead atoms. The molecule has 15 heavy (non-hydrogen) atoms. The second-order valence-electron chi connectivity index (χ2n) is 3.38. The van der Waals surface area contributed by atoms with Crippen LogP contribution in [-0.2, 0) is 7.05 Å². The van der Waals surface area contributed by atoms with E-state index in [1.54, 1.807) is 4.68 Å². The maximum Gasteiger partial charge on any atom is 0.134 e. The zero-order valence-electron chi connectivity index (χ0n) is 8.46. The average molecular weight is 241 g/mol.